The molecule has 0 aromatic heterocycles. The van der Waals surface area contributed by atoms with Crippen LogP contribution in [-0.4, -0.2) is 14.6 Å². The van der Waals surface area contributed by atoms with Crippen LogP contribution in [0, 0.1) is 0 Å². The second kappa shape index (κ2) is 7.19. The molecule has 0 radical (unpaired) electrons. The van der Waals surface area contributed by atoms with Gasteiger partial charge in [0, 0.05) is 10.7 Å². The van der Waals surface area contributed by atoms with E-state index in [1.807, 2.05) is 36.4 Å². The van der Waals surface area contributed by atoms with Crippen LogP contribution in [-0.2, 0) is 10.0 Å². The molecular weight excluding hydrogens is 352 g/mol. The fraction of sp³-hybridized carbons (Fsp3) is 0. The molecule has 108 valence electrons. The van der Waals surface area contributed by atoms with Crippen molar-refractivity contribution in [1.82, 2.24) is 4.83 Å². The van der Waals surface area contributed by atoms with Gasteiger partial charge in [0.2, 0.25) is 0 Å². The van der Waals surface area contributed by atoms with E-state index < -0.39 is 10.0 Å². The average molecular weight is 365 g/mol. The third-order valence-corrected chi connectivity index (χ3v) is 4.31. The molecule has 0 bridgehead atoms. The fourth-order valence-corrected chi connectivity index (χ4v) is 2.59. The molecule has 0 aliphatic carbocycles. The highest BCUT2D eigenvalue weighted by Gasteiger charge is 2.11. The molecule has 21 heavy (non-hydrogen) atoms. The number of halogens is 1. The predicted octanol–water partition coefficient (Wildman–Crippen LogP) is 3.43. The molecule has 1 N–H and O–H groups in total. The Kier molecular flexibility index (Phi) is 5.30. The van der Waals surface area contributed by atoms with Crippen LogP contribution in [0.5, 0.6) is 0 Å². The summed E-state index contributed by atoms with van der Waals surface area (Å²) in [4.78, 5) is 2.32. The van der Waals surface area contributed by atoms with E-state index >= 15 is 0 Å². The van der Waals surface area contributed by atoms with Gasteiger partial charge in [-0.2, -0.15) is 13.5 Å². The van der Waals surface area contributed by atoms with Gasteiger partial charge in [-0.05, 0) is 35.9 Å². The summed E-state index contributed by atoms with van der Waals surface area (Å²) in [5.41, 5.74) is 1.01. The van der Waals surface area contributed by atoms with Gasteiger partial charge in [0.1, 0.15) is 0 Å². The molecule has 0 amide bonds. The standard InChI is InChI=1S/C15H13BrN2O2S/c16-14-8-10-15(11-9-14)21(19,20)18-17-12-4-7-13-5-2-1-3-6-13/h1-12,18H/b7-4+,17-12?. The minimum atomic E-state index is -3.62. The largest absolute Gasteiger partial charge is 0.276 e. The van der Waals surface area contributed by atoms with E-state index in [1.165, 1.54) is 18.3 Å². The molecule has 2 rings (SSSR count). The molecule has 0 aliphatic rings. The topological polar surface area (TPSA) is 58.5 Å². The van der Waals surface area contributed by atoms with E-state index in [-0.39, 0.29) is 4.90 Å². The van der Waals surface area contributed by atoms with Crippen LogP contribution in [0.1, 0.15) is 5.56 Å². The zero-order valence-electron chi connectivity index (χ0n) is 11.0. The Labute approximate surface area is 132 Å². The van der Waals surface area contributed by atoms with Crippen LogP contribution < -0.4 is 4.83 Å². The lowest BCUT2D eigenvalue weighted by Gasteiger charge is -2.02. The lowest BCUT2D eigenvalue weighted by molar-refractivity contribution is 0.584. The van der Waals surface area contributed by atoms with E-state index in [2.05, 4.69) is 25.9 Å². The first-order chi connectivity index (χ1) is 10.1. The minimum absolute atomic E-state index is 0.162. The Hall–Kier alpha value is -1.92. The maximum atomic E-state index is 11.9. The van der Waals surface area contributed by atoms with Crippen LogP contribution in [0.25, 0.3) is 6.08 Å². The van der Waals surface area contributed by atoms with E-state index in [0.717, 1.165) is 10.0 Å². The normalized spacial score (nSPS) is 12.0. The first-order valence-electron chi connectivity index (χ1n) is 6.10. The van der Waals surface area contributed by atoms with Crippen LogP contribution in [0.3, 0.4) is 0 Å². The first kappa shape index (κ1) is 15.5. The average Bonchev–Trinajstić information content (AvgIpc) is 2.48. The molecule has 0 heterocycles. The molecule has 6 heteroatoms. The van der Waals surface area contributed by atoms with Crippen molar-refractivity contribution in [1.29, 1.82) is 0 Å². The van der Waals surface area contributed by atoms with Crippen LogP contribution in [0.2, 0.25) is 0 Å². The molecule has 0 unspecified atom stereocenters. The Morgan fingerprint density at radius 2 is 1.67 bits per heavy atom. The van der Waals surface area contributed by atoms with Crippen LogP contribution >= 0.6 is 15.9 Å². The fourth-order valence-electron chi connectivity index (χ4n) is 1.53. The number of sulfonamides is 1. The molecule has 2 aromatic rings. The number of hydrogen-bond acceptors (Lipinski definition) is 3. The Bertz CT molecular complexity index is 739. The summed E-state index contributed by atoms with van der Waals surface area (Å²) in [5.74, 6) is 0. The van der Waals surface area contributed by atoms with Crippen molar-refractivity contribution in [2.75, 3.05) is 0 Å². The number of benzene rings is 2. The van der Waals surface area contributed by atoms with Crippen molar-refractivity contribution in [2.45, 2.75) is 4.90 Å². The third-order valence-electron chi connectivity index (χ3n) is 2.55. The summed E-state index contributed by atoms with van der Waals surface area (Å²) >= 11 is 3.25. The third kappa shape index (κ3) is 4.84. The van der Waals surface area contributed by atoms with E-state index in [0.29, 0.717) is 0 Å². The molecule has 2 aromatic carbocycles. The molecule has 0 fully saturated rings. The highest BCUT2D eigenvalue weighted by molar-refractivity contribution is 9.10. The number of hydrogen-bond donors (Lipinski definition) is 1. The minimum Gasteiger partial charge on any atom is -0.200 e. The number of hydrazone groups is 1. The maximum absolute atomic E-state index is 11.9. The van der Waals surface area contributed by atoms with Crippen LogP contribution in [0.15, 0.2) is 75.1 Å². The van der Waals surface area contributed by atoms with Gasteiger partial charge in [-0.1, -0.05) is 52.3 Å². The zero-order chi connectivity index (χ0) is 15.1. The molecule has 0 saturated heterocycles. The molecular formula is C15H13BrN2O2S. The van der Waals surface area contributed by atoms with Crippen LogP contribution in [0.4, 0.5) is 0 Å². The van der Waals surface area contributed by atoms with E-state index in [9.17, 15) is 8.42 Å². The Morgan fingerprint density at radius 3 is 2.33 bits per heavy atom. The number of rotatable bonds is 5. The summed E-state index contributed by atoms with van der Waals surface area (Å²) in [5, 5.41) is 3.70. The van der Waals surface area contributed by atoms with Gasteiger partial charge in [-0.15, -0.1) is 0 Å². The first-order valence-corrected chi connectivity index (χ1v) is 8.38. The quantitative estimate of drug-likeness (QED) is 0.652. The molecule has 4 nitrogen and oxygen atoms in total. The second-order valence-electron chi connectivity index (χ2n) is 4.10. The van der Waals surface area contributed by atoms with Crippen molar-refractivity contribution >= 4 is 38.2 Å². The Balaban J connectivity index is 1.97. The van der Waals surface area contributed by atoms with Crippen molar-refractivity contribution < 1.29 is 8.42 Å². The monoisotopic (exact) mass is 364 g/mol. The summed E-state index contributed by atoms with van der Waals surface area (Å²) in [7, 11) is -3.62. The number of allylic oxidation sites excluding steroid dienone is 1. The van der Waals surface area contributed by atoms with Gasteiger partial charge >= 0.3 is 0 Å². The molecule has 0 atom stereocenters. The number of nitrogens with zero attached hydrogens (tertiary/aromatic N) is 1. The van der Waals surface area contributed by atoms with Crippen molar-refractivity contribution in [2.24, 2.45) is 5.10 Å². The predicted molar refractivity (Wildman–Crippen MR) is 88.4 cm³/mol. The number of nitrogens with one attached hydrogen (secondary N) is 1. The highest BCUT2D eigenvalue weighted by Crippen LogP contribution is 2.14. The van der Waals surface area contributed by atoms with Gasteiger partial charge in [0.15, 0.2) is 0 Å². The van der Waals surface area contributed by atoms with Crippen molar-refractivity contribution in [3.05, 3.63) is 70.7 Å². The Morgan fingerprint density at radius 1 is 1.00 bits per heavy atom. The molecule has 0 saturated carbocycles. The lowest BCUT2D eigenvalue weighted by atomic mass is 10.2. The van der Waals surface area contributed by atoms with Crippen molar-refractivity contribution in [3.8, 4) is 0 Å². The smallest absolute Gasteiger partial charge is 0.200 e. The zero-order valence-corrected chi connectivity index (χ0v) is 13.4. The van der Waals surface area contributed by atoms with Crippen molar-refractivity contribution in [3.63, 3.8) is 0 Å². The second-order valence-corrected chi connectivity index (χ2v) is 6.67. The summed E-state index contributed by atoms with van der Waals surface area (Å²) in [6.45, 7) is 0. The van der Waals surface area contributed by atoms with Gasteiger partial charge in [0.25, 0.3) is 10.0 Å². The lowest BCUT2D eigenvalue weighted by Crippen LogP contribution is -2.17. The highest BCUT2D eigenvalue weighted by atomic mass is 79.9. The summed E-state index contributed by atoms with van der Waals surface area (Å²) < 4.78 is 24.6. The summed E-state index contributed by atoms with van der Waals surface area (Å²) in [6.07, 6.45) is 4.89. The maximum Gasteiger partial charge on any atom is 0.276 e. The van der Waals surface area contributed by atoms with E-state index in [1.54, 1.807) is 18.2 Å². The van der Waals surface area contributed by atoms with Gasteiger partial charge < -0.3 is 0 Å². The van der Waals surface area contributed by atoms with Gasteiger partial charge in [-0.25, -0.2) is 4.83 Å². The SMILES string of the molecule is O=S(=O)(NN=C/C=C/c1ccccc1)c1ccc(Br)cc1. The molecule has 0 spiro atoms. The van der Waals surface area contributed by atoms with Gasteiger partial charge in [0.05, 0.1) is 4.90 Å². The van der Waals surface area contributed by atoms with E-state index in [4.69, 9.17) is 0 Å². The molecule has 0 aliphatic heterocycles. The summed E-state index contributed by atoms with van der Waals surface area (Å²) in [6, 6.07) is 16.0. The van der Waals surface area contributed by atoms with Gasteiger partial charge in [-0.3, -0.25) is 0 Å².